The molecule has 10 heteroatoms. The number of benzene rings is 1. The molecule has 1 N–H and O–H groups in total. The SMILES string of the molecule is COc1nc(N2CCN(c3ccc(Cl)cc3)CC2)ncc1C(=O)NCCN1CCOCC1. The maximum atomic E-state index is 12.6. The number of halogens is 1. The van der Waals surface area contributed by atoms with Gasteiger partial charge in [-0.15, -0.1) is 0 Å². The summed E-state index contributed by atoms with van der Waals surface area (Å²) in [5.74, 6) is 0.635. The van der Waals surface area contributed by atoms with Crippen LogP contribution in [0.2, 0.25) is 5.02 Å². The van der Waals surface area contributed by atoms with Crippen LogP contribution in [0.4, 0.5) is 11.6 Å². The third-order valence-corrected chi connectivity index (χ3v) is 6.00. The molecule has 0 spiro atoms. The van der Waals surface area contributed by atoms with Gasteiger partial charge in [0.2, 0.25) is 11.8 Å². The molecule has 172 valence electrons. The maximum absolute atomic E-state index is 12.6. The lowest BCUT2D eigenvalue weighted by Crippen LogP contribution is -2.47. The Bertz CT molecular complexity index is 899. The number of carbonyl (C=O) groups excluding carboxylic acids is 1. The molecule has 0 saturated carbocycles. The van der Waals surface area contributed by atoms with E-state index in [9.17, 15) is 4.79 Å². The fourth-order valence-corrected chi connectivity index (χ4v) is 4.01. The zero-order valence-corrected chi connectivity index (χ0v) is 19.1. The van der Waals surface area contributed by atoms with E-state index in [2.05, 4.69) is 30.0 Å². The largest absolute Gasteiger partial charge is 0.480 e. The van der Waals surface area contributed by atoms with Crippen LogP contribution in [0.3, 0.4) is 0 Å². The van der Waals surface area contributed by atoms with Gasteiger partial charge in [0, 0.05) is 69.3 Å². The van der Waals surface area contributed by atoms with E-state index < -0.39 is 0 Å². The summed E-state index contributed by atoms with van der Waals surface area (Å²) in [5.41, 5.74) is 1.50. The van der Waals surface area contributed by atoms with Gasteiger partial charge in [0.15, 0.2) is 0 Å². The van der Waals surface area contributed by atoms with E-state index in [1.54, 1.807) is 6.20 Å². The second-order valence-electron chi connectivity index (χ2n) is 7.75. The second-order valence-corrected chi connectivity index (χ2v) is 8.19. The smallest absolute Gasteiger partial charge is 0.258 e. The van der Waals surface area contributed by atoms with Crippen molar-refractivity contribution in [1.82, 2.24) is 20.2 Å². The average Bonchev–Trinajstić information content (AvgIpc) is 2.85. The van der Waals surface area contributed by atoms with Crippen LogP contribution in [0.25, 0.3) is 0 Å². The summed E-state index contributed by atoms with van der Waals surface area (Å²) in [6.45, 7) is 7.84. The monoisotopic (exact) mass is 460 g/mol. The normalized spacial score (nSPS) is 17.3. The number of amides is 1. The minimum atomic E-state index is -0.228. The van der Waals surface area contributed by atoms with Crippen molar-refractivity contribution in [2.45, 2.75) is 0 Å². The van der Waals surface area contributed by atoms with E-state index in [4.69, 9.17) is 21.1 Å². The zero-order valence-electron chi connectivity index (χ0n) is 18.3. The van der Waals surface area contributed by atoms with Crippen LogP contribution >= 0.6 is 11.6 Å². The number of nitrogens with one attached hydrogen (secondary N) is 1. The highest BCUT2D eigenvalue weighted by molar-refractivity contribution is 6.30. The summed E-state index contributed by atoms with van der Waals surface area (Å²) in [4.78, 5) is 28.3. The molecule has 0 unspecified atom stereocenters. The van der Waals surface area contributed by atoms with Crippen molar-refractivity contribution in [3.8, 4) is 5.88 Å². The number of hydrogen-bond donors (Lipinski definition) is 1. The number of morpholine rings is 1. The molecule has 1 aromatic heterocycles. The molecule has 2 aromatic rings. The van der Waals surface area contributed by atoms with Crippen LogP contribution in [0.15, 0.2) is 30.5 Å². The average molecular weight is 461 g/mol. The number of piperazine rings is 1. The molecule has 1 aromatic carbocycles. The van der Waals surface area contributed by atoms with E-state index in [0.717, 1.165) is 69.7 Å². The van der Waals surface area contributed by atoms with Gasteiger partial charge in [-0.05, 0) is 24.3 Å². The number of methoxy groups -OCH3 is 1. The fraction of sp³-hybridized carbons (Fsp3) is 0.500. The lowest BCUT2D eigenvalue weighted by molar-refractivity contribution is 0.0383. The van der Waals surface area contributed by atoms with Gasteiger partial charge in [0.25, 0.3) is 5.91 Å². The summed E-state index contributed by atoms with van der Waals surface area (Å²) in [6.07, 6.45) is 1.55. The van der Waals surface area contributed by atoms with Gasteiger partial charge in [-0.2, -0.15) is 4.98 Å². The second kappa shape index (κ2) is 10.8. The van der Waals surface area contributed by atoms with Crippen molar-refractivity contribution in [2.75, 3.05) is 82.5 Å². The number of hydrogen-bond acceptors (Lipinski definition) is 8. The molecule has 3 heterocycles. The summed E-state index contributed by atoms with van der Waals surface area (Å²) in [7, 11) is 1.52. The predicted octanol–water partition coefficient (Wildman–Crippen LogP) is 1.53. The standard InChI is InChI=1S/C22H29ClN6O3/c1-31-21-19(20(30)24-6-7-27-12-14-32-15-13-27)16-25-22(26-21)29-10-8-28(9-11-29)18-4-2-17(23)3-5-18/h2-5,16H,6-15H2,1H3,(H,24,30). The number of carbonyl (C=O) groups is 1. The molecule has 2 fully saturated rings. The van der Waals surface area contributed by atoms with Crippen molar-refractivity contribution in [3.05, 3.63) is 41.0 Å². The lowest BCUT2D eigenvalue weighted by atomic mass is 10.2. The van der Waals surface area contributed by atoms with Crippen molar-refractivity contribution in [1.29, 1.82) is 0 Å². The molecule has 2 aliphatic rings. The van der Waals surface area contributed by atoms with Gasteiger partial charge in [-0.3, -0.25) is 9.69 Å². The van der Waals surface area contributed by atoms with Crippen LogP contribution in [-0.4, -0.2) is 93.5 Å². The van der Waals surface area contributed by atoms with Crippen LogP contribution < -0.4 is 19.9 Å². The van der Waals surface area contributed by atoms with E-state index >= 15 is 0 Å². The number of anilines is 2. The molecule has 2 aliphatic heterocycles. The van der Waals surface area contributed by atoms with Crippen molar-refractivity contribution in [3.63, 3.8) is 0 Å². The maximum Gasteiger partial charge on any atom is 0.258 e. The summed E-state index contributed by atoms with van der Waals surface area (Å²) < 4.78 is 10.8. The van der Waals surface area contributed by atoms with Gasteiger partial charge >= 0.3 is 0 Å². The van der Waals surface area contributed by atoms with Crippen molar-refractivity contribution >= 4 is 29.1 Å². The van der Waals surface area contributed by atoms with Gasteiger partial charge in [-0.25, -0.2) is 4.98 Å². The molecule has 0 atom stereocenters. The molecule has 2 saturated heterocycles. The van der Waals surface area contributed by atoms with Crippen LogP contribution in [-0.2, 0) is 4.74 Å². The molecule has 32 heavy (non-hydrogen) atoms. The molecule has 1 amide bonds. The number of ether oxygens (including phenoxy) is 2. The zero-order chi connectivity index (χ0) is 22.3. The van der Waals surface area contributed by atoms with E-state index in [1.807, 2.05) is 24.3 Å². The highest BCUT2D eigenvalue weighted by atomic mass is 35.5. The van der Waals surface area contributed by atoms with Crippen LogP contribution in [0, 0.1) is 0 Å². The summed E-state index contributed by atoms with van der Waals surface area (Å²) in [5, 5.41) is 3.67. The first-order chi connectivity index (χ1) is 15.6. The van der Waals surface area contributed by atoms with Gasteiger partial charge in [0.05, 0.1) is 20.3 Å². The van der Waals surface area contributed by atoms with Gasteiger partial charge < -0.3 is 24.6 Å². The highest BCUT2D eigenvalue weighted by Crippen LogP contribution is 2.23. The van der Waals surface area contributed by atoms with Crippen molar-refractivity contribution < 1.29 is 14.3 Å². The summed E-state index contributed by atoms with van der Waals surface area (Å²) in [6, 6.07) is 7.87. The Hall–Kier alpha value is -2.62. The molecule has 0 bridgehead atoms. The van der Waals surface area contributed by atoms with Crippen molar-refractivity contribution in [2.24, 2.45) is 0 Å². The number of nitrogens with zero attached hydrogens (tertiary/aromatic N) is 5. The minimum Gasteiger partial charge on any atom is -0.480 e. The molecule has 0 radical (unpaired) electrons. The molecule has 4 rings (SSSR count). The Morgan fingerprint density at radius 1 is 1.09 bits per heavy atom. The highest BCUT2D eigenvalue weighted by Gasteiger charge is 2.22. The first-order valence-corrected chi connectivity index (χ1v) is 11.3. The van der Waals surface area contributed by atoms with E-state index in [1.165, 1.54) is 7.11 Å². The first kappa shape index (κ1) is 22.6. The Kier molecular flexibility index (Phi) is 7.62. The molecular weight excluding hydrogens is 432 g/mol. The first-order valence-electron chi connectivity index (χ1n) is 10.9. The Labute approximate surface area is 193 Å². The summed E-state index contributed by atoms with van der Waals surface area (Å²) >= 11 is 5.99. The lowest BCUT2D eigenvalue weighted by Gasteiger charge is -2.36. The molecule has 0 aliphatic carbocycles. The van der Waals surface area contributed by atoms with Crippen LogP contribution in [0.5, 0.6) is 5.88 Å². The van der Waals surface area contributed by atoms with E-state index in [-0.39, 0.29) is 5.91 Å². The Morgan fingerprint density at radius 2 is 1.78 bits per heavy atom. The Balaban J connectivity index is 1.32. The number of rotatable bonds is 7. The minimum absolute atomic E-state index is 0.228. The van der Waals surface area contributed by atoms with Gasteiger partial charge in [-0.1, -0.05) is 11.6 Å². The topological polar surface area (TPSA) is 83.1 Å². The van der Waals surface area contributed by atoms with Gasteiger partial charge in [0.1, 0.15) is 5.56 Å². The Morgan fingerprint density at radius 3 is 2.47 bits per heavy atom. The van der Waals surface area contributed by atoms with Crippen LogP contribution in [0.1, 0.15) is 10.4 Å². The fourth-order valence-electron chi connectivity index (χ4n) is 3.89. The van der Waals surface area contributed by atoms with E-state index in [0.29, 0.717) is 23.9 Å². The third kappa shape index (κ3) is 5.59. The third-order valence-electron chi connectivity index (χ3n) is 5.75. The quantitative estimate of drug-likeness (QED) is 0.666. The molecular formula is C22H29ClN6O3. The molecule has 9 nitrogen and oxygen atoms in total. The number of aromatic nitrogens is 2. The predicted molar refractivity (Wildman–Crippen MR) is 124 cm³/mol.